The number of benzene rings is 5. The van der Waals surface area contributed by atoms with Gasteiger partial charge in [0.25, 0.3) is 0 Å². The number of nitrogens with zero attached hydrogens (tertiary/aromatic N) is 3. The van der Waals surface area contributed by atoms with Crippen molar-refractivity contribution in [2.75, 3.05) is 0 Å². The number of aliphatic imine (C=N–C) groups is 3. The molecule has 0 saturated heterocycles. The van der Waals surface area contributed by atoms with Gasteiger partial charge in [0.15, 0.2) is 11.6 Å². The number of nitrogens with one attached hydrogen (secondary N) is 1. The van der Waals surface area contributed by atoms with Gasteiger partial charge in [-0.15, -0.1) is 0 Å². The average molecular weight is 584 g/mol. The van der Waals surface area contributed by atoms with Crippen LogP contribution in [0.4, 0.5) is 0 Å². The molecule has 0 atom stereocenters. The number of hydrogen-bond acceptors (Lipinski definition) is 4. The first-order valence-electron chi connectivity index (χ1n) is 13.6. The molecule has 42 heavy (non-hydrogen) atoms. The minimum Gasteiger partial charge on any atom is -0.348 e. The fourth-order valence-corrected chi connectivity index (χ4v) is 5.91. The summed E-state index contributed by atoms with van der Waals surface area (Å²) in [4.78, 5) is 15.4. The molecule has 5 aromatic rings. The van der Waals surface area contributed by atoms with Crippen LogP contribution in [0.5, 0.6) is 0 Å². The van der Waals surface area contributed by atoms with Crippen molar-refractivity contribution in [1.29, 1.82) is 0 Å². The molecule has 0 radical (unpaired) electrons. The Morgan fingerprint density at radius 3 is 1.62 bits per heavy atom. The van der Waals surface area contributed by atoms with Crippen molar-refractivity contribution in [3.8, 4) is 0 Å². The predicted octanol–water partition coefficient (Wildman–Crippen LogP) is 8.45. The first-order valence-corrected chi connectivity index (χ1v) is 14.4. The minimum atomic E-state index is -0.777. The molecule has 5 aromatic carbocycles. The molecule has 4 nitrogen and oxygen atoms in total. The monoisotopic (exact) mass is 582 g/mol. The van der Waals surface area contributed by atoms with Crippen molar-refractivity contribution in [3.05, 3.63) is 189 Å². The summed E-state index contributed by atoms with van der Waals surface area (Å²) < 4.78 is 0. The van der Waals surface area contributed by atoms with Crippen molar-refractivity contribution in [2.24, 2.45) is 15.0 Å². The molecule has 0 aliphatic carbocycles. The number of halogens is 2. The maximum atomic E-state index is 6.72. The molecule has 6 heteroatoms. The van der Waals surface area contributed by atoms with Crippen molar-refractivity contribution < 1.29 is 0 Å². The van der Waals surface area contributed by atoms with Crippen LogP contribution in [-0.2, 0) is 5.54 Å². The zero-order valence-electron chi connectivity index (χ0n) is 22.4. The normalized spacial score (nSPS) is 17.3. The molecule has 202 valence electrons. The number of rotatable bonds is 5. The van der Waals surface area contributed by atoms with Crippen LogP contribution in [0.3, 0.4) is 0 Å². The molecule has 0 amide bonds. The van der Waals surface area contributed by atoms with Gasteiger partial charge in [0.2, 0.25) is 0 Å². The molecule has 0 bridgehead atoms. The van der Waals surface area contributed by atoms with E-state index in [9.17, 15) is 0 Å². The molecular weight excluding hydrogens is 559 g/mol. The van der Waals surface area contributed by atoms with Gasteiger partial charge in [0.05, 0.1) is 21.5 Å². The predicted molar refractivity (Wildman–Crippen MR) is 173 cm³/mol. The van der Waals surface area contributed by atoms with Crippen LogP contribution in [0.1, 0.15) is 27.8 Å². The molecule has 2 aliphatic heterocycles. The van der Waals surface area contributed by atoms with Crippen LogP contribution >= 0.6 is 23.2 Å². The van der Waals surface area contributed by atoms with Crippen LogP contribution in [-0.4, -0.2) is 17.1 Å². The fourth-order valence-electron chi connectivity index (χ4n) is 5.52. The van der Waals surface area contributed by atoms with Crippen molar-refractivity contribution in [3.63, 3.8) is 0 Å². The minimum absolute atomic E-state index is 0.434. The highest BCUT2D eigenvalue weighted by atomic mass is 35.5. The van der Waals surface area contributed by atoms with Gasteiger partial charge in [-0.25, -0.2) is 15.0 Å². The van der Waals surface area contributed by atoms with Crippen LogP contribution in [0.2, 0.25) is 10.0 Å². The first-order chi connectivity index (χ1) is 20.6. The summed E-state index contributed by atoms with van der Waals surface area (Å²) in [7, 11) is 0. The molecule has 2 heterocycles. The molecule has 7 rings (SSSR count). The lowest BCUT2D eigenvalue weighted by Crippen LogP contribution is -2.45. The SMILES string of the molecule is Clc1cccc(C2=NC(=C3N=C(c4ccccc4)C(c4ccccc4)(c4ccccc4)N3)N=C2c2ccccc2)c1Cl. The molecule has 0 unspecified atom stereocenters. The van der Waals surface area contributed by atoms with Crippen molar-refractivity contribution in [2.45, 2.75) is 5.54 Å². The van der Waals surface area contributed by atoms with E-state index in [1.165, 1.54) is 0 Å². The largest absolute Gasteiger partial charge is 0.348 e. The van der Waals surface area contributed by atoms with Crippen molar-refractivity contribution >= 4 is 40.3 Å². The fraction of sp³-hybridized carbons (Fsp3) is 0.0278. The topological polar surface area (TPSA) is 49.1 Å². The van der Waals surface area contributed by atoms with Gasteiger partial charge < -0.3 is 5.32 Å². The lowest BCUT2D eigenvalue weighted by molar-refractivity contribution is 0.611. The molecule has 2 aliphatic rings. The maximum Gasteiger partial charge on any atom is 0.196 e. The van der Waals surface area contributed by atoms with Gasteiger partial charge in [0, 0.05) is 11.1 Å². The Kier molecular flexibility index (Phi) is 6.79. The zero-order chi connectivity index (χ0) is 28.5. The summed E-state index contributed by atoms with van der Waals surface area (Å²) in [5.41, 5.74) is 6.19. The second kappa shape index (κ2) is 10.9. The Balaban J connectivity index is 1.50. The molecular formula is C36H24Cl2N4. The van der Waals surface area contributed by atoms with Gasteiger partial charge in [-0.1, -0.05) is 157 Å². The standard InChI is InChI=1S/C36H24Cl2N4/c37-29-23-13-22-28(30(29)38)32-31(24-14-5-1-6-15-24)39-34(40-32)35-41-33(25-16-7-2-8-17-25)36(42-35,26-18-9-3-10-19-26)27-20-11-4-12-21-27/h1-23,42H. The Labute approximate surface area is 254 Å². The smallest absolute Gasteiger partial charge is 0.196 e. The maximum absolute atomic E-state index is 6.72. The second-order valence-corrected chi connectivity index (χ2v) is 10.8. The van der Waals surface area contributed by atoms with E-state index in [0.29, 0.717) is 38.7 Å². The van der Waals surface area contributed by atoms with Gasteiger partial charge in [-0.2, -0.15) is 0 Å². The van der Waals surface area contributed by atoms with E-state index in [-0.39, 0.29) is 0 Å². The summed E-state index contributed by atoms with van der Waals surface area (Å²) in [5, 5.41) is 4.69. The summed E-state index contributed by atoms with van der Waals surface area (Å²) in [5.74, 6) is 1.05. The van der Waals surface area contributed by atoms with Crippen LogP contribution in [0.25, 0.3) is 0 Å². The lowest BCUT2D eigenvalue weighted by atomic mass is 9.77. The third-order valence-corrected chi connectivity index (χ3v) is 8.29. The molecule has 0 saturated carbocycles. The molecule has 0 spiro atoms. The second-order valence-electron chi connectivity index (χ2n) is 9.99. The van der Waals surface area contributed by atoms with E-state index < -0.39 is 5.54 Å². The van der Waals surface area contributed by atoms with Gasteiger partial charge in [-0.05, 0) is 22.8 Å². The third kappa shape index (κ3) is 4.46. The molecule has 0 aromatic heterocycles. The van der Waals surface area contributed by atoms with Gasteiger partial charge in [-0.3, -0.25) is 0 Å². The van der Waals surface area contributed by atoms with Crippen LogP contribution in [0, 0.1) is 0 Å². The summed E-state index contributed by atoms with van der Waals surface area (Å²) in [6.45, 7) is 0. The highest BCUT2D eigenvalue weighted by Crippen LogP contribution is 2.41. The highest BCUT2D eigenvalue weighted by Gasteiger charge is 2.46. The Bertz CT molecular complexity index is 1860. The van der Waals surface area contributed by atoms with E-state index in [1.807, 2.05) is 97.1 Å². The Morgan fingerprint density at radius 1 is 0.500 bits per heavy atom. The summed E-state index contributed by atoms with van der Waals surface area (Å²) >= 11 is 13.2. The van der Waals surface area contributed by atoms with Crippen LogP contribution < -0.4 is 5.32 Å². The molecule has 1 N–H and O–H groups in total. The Hall–Kier alpha value is -4.77. The quantitative estimate of drug-likeness (QED) is 0.222. The van der Waals surface area contributed by atoms with Crippen molar-refractivity contribution in [1.82, 2.24) is 5.32 Å². The van der Waals surface area contributed by atoms with Gasteiger partial charge >= 0.3 is 0 Å². The van der Waals surface area contributed by atoms with E-state index >= 15 is 0 Å². The highest BCUT2D eigenvalue weighted by molar-refractivity contribution is 6.58. The lowest BCUT2D eigenvalue weighted by Gasteiger charge is -2.33. The summed E-state index contributed by atoms with van der Waals surface area (Å²) in [6, 6.07) is 46.5. The van der Waals surface area contributed by atoms with E-state index in [0.717, 1.165) is 28.0 Å². The first kappa shape index (κ1) is 26.1. The van der Waals surface area contributed by atoms with Gasteiger partial charge in [0.1, 0.15) is 11.3 Å². The summed E-state index contributed by atoms with van der Waals surface area (Å²) in [6.07, 6.45) is 0. The number of hydrogen-bond donors (Lipinski definition) is 1. The van der Waals surface area contributed by atoms with E-state index in [2.05, 4.69) is 41.7 Å². The third-order valence-electron chi connectivity index (χ3n) is 7.47. The average Bonchev–Trinajstić information content (AvgIpc) is 3.68. The van der Waals surface area contributed by atoms with E-state index in [1.54, 1.807) is 6.07 Å². The molecule has 0 fully saturated rings. The Morgan fingerprint density at radius 2 is 1.02 bits per heavy atom. The zero-order valence-corrected chi connectivity index (χ0v) is 23.9. The van der Waals surface area contributed by atoms with Crippen LogP contribution in [0.15, 0.2) is 166 Å². The van der Waals surface area contributed by atoms with E-state index in [4.69, 9.17) is 38.2 Å².